The second-order valence-corrected chi connectivity index (χ2v) is 9.76. The topological polar surface area (TPSA) is 9.23 Å². The Kier molecular flexibility index (Phi) is 7.20. The zero-order valence-corrected chi connectivity index (χ0v) is 15.0. The van der Waals surface area contributed by atoms with Gasteiger partial charge in [0.25, 0.3) is 0 Å². The predicted octanol–water partition coefficient (Wildman–Crippen LogP) is 5.67. The van der Waals surface area contributed by atoms with Gasteiger partial charge in [0, 0.05) is 6.42 Å². The normalized spacial score (nSPS) is 26.4. The Morgan fingerprint density at radius 2 is 1.74 bits per heavy atom. The Morgan fingerprint density at radius 3 is 2.37 bits per heavy atom. The van der Waals surface area contributed by atoms with Crippen LogP contribution in [0.2, 0.25) is 13.1 Å². The molecule has 1 aliphatic carbocycles. The van der Waals surface area contributed by atoms with Crippen molar-refractivity contribution in [2.24, 2.45) is 11.3 Å². The average molecular weight is 283 g/mol. The molecule has 0 aromatic heterocycles. The smallest absolute Gasteiger partial charge is 0.229 e. The Hall–Kier alpha value is -0.243. The Morgan fingerprint density at radius 1 is 1.05 bits per heavy atom. The minimum atomic E-state index is -0.924. The zero-order valence-electron chi connectivity index (χ0n) is 13.8. The van der Waals surface area contributed by atoms with Crippen molar-refractivity contribution >= 4 is 9.04 Å². The van der Waals surface area contributed by atoms with Crippen LogP contribution in [0, 0.1) is 11.3 Å². The van der Waals surface area contributed by atoms with Crippen molar-refractivity contribution in [2.75, 3.05) is 0 Å². The van der Waals surface area contributed by atoms with E-state index in [-0.39, 0.29) is 0 Å². The third kappa shape index (κ3) is 7.19. The van der Waals surface area contributed by atoms with Crippen LogP contribution >= 0.6 is 0 Å². The van der Waals surface area contributed by atoms with Crippen LogP contribution in [0.1, 0.15) is 72.1 Å². The predicted molar refractivity (Wildman–Crippen MR) is 87.9 cm³/mol. The van der Waals surface area contributed by atoms with Crippen molar-refractivity contribution in [2.45, 2.75) is 85.2 Å². The number of rotatable bonds is 2. The lowest BCUT2D eigenvalue weighted by atomic mass is 9.75. The highest BCUT2D eigenvalue weighted by Gasteiger charge is 2.23. The molecule has 1 unspecified atom stereocenters. The maximum Gasteiger partial charge on any atom is 0.229 e. The summed E-state index contributed by atoms with van der Waals surface area (Å²) in [5.74, 6) is 2.19. The molecule has 1 atom stereocenters. The first-order valence-corrected chi connectivity index (χ1v) is 11.0. The van der Waals surface area contributed by atoms with Crippen molar-refractivity contribution in [3.8, 4) is 0 Å². The fourth-order valence-electron chi connectivity index (χ4n) is 3.02. The average Bonchev–Trinajstić information content (AvgIpc) is 2.32. The van der Waals surface area contributed by atoms with Gasteiger partial charge in [0.1, 0.15) is 0 Å². The fourth-order valence-corrected chi connectivity index (χ4v) is 3.84. The van der Waals surface area contributed by atoms with Crippen molar-refractivity contribution in [1.82, 2.24) is 0 Å². The molecule has 0 saturated heterocycles. The summed E-state index contributed by atoms with van der Waals surface area (Å²) in [6.07, 6.45) is 13.0. The van der Waals surface area contributed by atoms with Gasteiger partial charge in [-0.05, 0) is 62.6 Å². The second-order valence-electron chi connectivity index (χ2n) is 7.43. The first kappa shape index (κ1) is 16.8. The van der Waals surface area contributed by atoms with Crippen molar-refractivity contribution in [3.63, 3.8) is 0 Å². The van der Waals surface area contributed by atoms with Gasteiger partial charge in [0.05, 0.1) is 5.76 Å². The molecule has 0 heterocycles. The lowest BCUT2D eigenvalue weighted by Crippen LogP contribution is -2.20. The Balaban J connectivity index is 2.55. The van der Waals surface area contributed by atoms with Gasteiger partial charge in [-0.25, -0.2) is 0 Å². The van der Waals surface area contributed by atoms with Crippen LogP contribution in [0.15, 0.2) is 11.8 Å². The molecule has 19 heavy (non-hydrogen) atoms. The molecule has 0 N–H and O–H groups in total. The molecular weight excluding hydrogens is 248 g/mol. The summed E-state index contributed by atoms with van der Waals surface area (Å²) < 4.78 is 6.06. The van der Waals surface area contributed by atoms with Gasteiger partial charge in [0.2, 0.25) is 9.04 Å². The van der Waals surface area contributed by atoms with Crippen molar-refractivity contribution in [1.29, 1.82) is 0 Å². The molecule has 0 bridgehead atoms. The van der Waals surface area contributed by atoms with Crippen LogP contribution in [0.25, 0.3) is 0 Å². The van der Waals surface area contributed by atoms with E-state index in [9.17, 15) is 0 Å². The summed E-state index contributed by atoms with van der Waals surface area (Å²) in [4.78, 5) is 0. The van der Waals surface area contributed by atoms with Gasteiger partial charge in [-0.3, -0.25) is 0 Å². The molecule has 0 amide bonds. The van der Waals surface area contributed by atoms with Crippen LogP contribution in [0.5, 0.6) is 0 Å². The molecule has 0 aromatic rings. The molecule has 0 spiro atoms. The summed E-state index contributed by atoms with van der Waals surface area (Å²) >= 11 is 0. The lowest BCUT2D eigenvalue weighted by Gasteiger charge is -2.31. The van der Waals surface area contributed by atoms with Crippen LogP contribution in [-0.2, 0) is 4.43 Å². The highest BCUT2D eigenvalue weighted by molar-refractivity contribution is 6.48. The van der Waals surface area contributed by atoms with Crippen LogP contribution in [0.3, 0.4) is 0 Å². The molecule has 2 heteroatoms. The van der Waals surface area contributed by atoms with E-state index < -0.39 is 9.04 Å². The largest absolute Gasteiger partial charge is 0.550 e. The number of hydrogen-bond acceptors (Lipinski definition) is 1. The minimum absolute atomic E-state index is 0.474. The molecule has 0 radical (unpaired) electrons. The Labute approximate surface area is 122 Å². The third-order valence-electron chi connectivity index (χ3n) is 4.22. The molecule has 0 aliphatic heterocycles. The quantitative estimate of drug-likeness (QED) is 0.593. The maximum absolute atomic E-state index is 6.06. The molecule has 1 rings (SSSR count). The van der Waals surface area contributed by atoms with E-state index in [1.807, 2.05) is 0 Å². The Bertz CT molecular complexity index is 275. The maximum atomic E-state index is 6.06. The second kappa shape index (κ2) is 8.14. The SMILES string of the molecule is C[SiH](C)O/C1=C/CCCC(C(C)(C)C)CCCCC1. The van der Waals surface area contributed by atoms with Crippen LogP contribution in [0.4, 0.5) is 0 Å². The van der Waals surface area contributed by atoms with Gasteiger partial charge in [-0.1, -0.05) is 33.6 Å². The van der Waals surface area contributed by atoms with Gasteiger partial charge >= 0.3 is 0 Å². The van der Waals surface area contributed by atoms with Gasteiger partial charge in [-0.15, -0.1) is 0 Å². The van der Waals surface area contributed by atoms with E-state index in [0.29, 0.717) is 5.41 Å². The van der Waals surface area contributed by atoms with Crippen molar-refractivity contribution in [3.05, 3.63) is 11.8 Å². The van der Waals surface area contributed by atoms with Gasteiger partial charge < -0.3 is 4.43 Å². The fraction of sp³-hybridized carbons (Fsp3) is 0.882. The molecule has 1 nitrogen and oxygen atoms in total. The molecule has 0 saturated carbocycles. The van der Waals surface area contributed by atoms with E-state index >= 15 is 0 Å². The summed E-state index contributed by atoms with van der Waals surface area (Å²) in [6.45, 7) is 11.8. The standard InChI is InChI=1S/C17H34OSi/c1-17(2,3)15-11-7-6-8-13-16(18-19(4)5)14-10-9-12-15/h14-15,19H,6-13H2,1-5H3/b16-14+. The van der Waals surface area contributed by atoms with Crippen LogP contribution in [-0.4, -0.2) is 9.04 Å². The van der Waals surface area contributed by atoms with Gasteiger partial charge in [-0.2, -0.15) is 0 Å². The lowest BCUT2D eigenvalue weighted by molar-refractivity contribution is 0.203. The summed E-state index contributed by atoms with van der Waals surface area (Å²) in [7, 11) is -0.924. The van der Waals surface area contributed by atoms with E-state index in [2.05, 4.69) is 39.9 Å². The minimum Gasteiger partial charge on any atom is -0.550 e. The van der Waals surface area contributed by atoms with E-state index in [1.165, 1.54) is 57.1 Å². The molecule has 1 aliphatic rings. The summed E-state index contributed by atoms with van der Waals surface area (Å²) in [5, 5.41) is 0. The van der Waals surface area contributed by atoms with Crippen LogP contribution < -0.4 is 0 Å². The molecule has 0 aromatic carbocycles. The monoisotopic (exact) mass is 282 g/mol. The summed E-state index contributed by atoms with van der Waals surface area (Å²) in [6, 6.07) is 0. The van der Waals surface area contributed by atoms with Gasteiger partial charge in [0.15, 0.2) is 0 Å². The number of allylic oxidation sites excluding steroid dienone is 2. The van der Waals surface area contributed by atoms with E-state index in [0.717, 1.165) is 5.92 Å². The highest BCUT2D eigenvalue weighted by Crippen LogP contribution is 2.35. The van der Waals surface area contributed by atoms with Crippen molar-refractivity contribution < 1.29 is 4.43 Å². The van der Waals surface area contributed by atoms with E-state index in [4.69, 9.17) is 4.43 Å². The molecule has 112 valence electrons. The zero-order chi connectivity index (χ0) is 14.3. The third-order valence-corrected chi connectivity index (χ3v) is 4.99. The first-order chi connectivity index (χ1) is 8.89. The van der Waals surface area contributed by atoms with E-state index in [1.54, 1.807) is 0 Å². The molecular formula is C17H34OSi. The molecule has 0 fully saturated rings. The first-order valence-electron chi connectivity index (χ1n) is 8.25. The number of hydrogen-bond donors (Lipinski definition) is 0. The summed E-state index contributed by atoms with van der Waals surface area (Å²) in [5.41, 5.74) is 0.474. The highest BCUT2D eigenvalue weighted by atomic mass is 28.3.